The van der Waals surface area contributed by atoms with Gasteiger partial charge in [-0.05, 0) is 42.5 Å². The molecule has 0 saturated heterocycles. The van der Waals surface area contributed by atoms with E-state index in [-0.39, 0.29) is 18.7 Å². The van der Waals surface area contributed by atoms with Gasteiger partial charge in [-0.25, -0.2) is 0 Å². The summed E-state index contributed by atoms with van der Waals surface area (Å²) >= 11 is 0. The summed E-state index contributed by atoms with van der Waals surface area (Å²) in [4.78, 5) is 14.1. The van der Waals surface area contributed by atoms with Crippen molar-refractivity contribution in [3.63, 3.8) is 0 Å². The molecule has 130 valence electrons. The predicted octanol–water partition coefficient (Wildman–Crippen LogP) is 4.73. The maximum Gasteiger partial charge on any atom is 0.416 e. The number of carbonyl (C=O) groups excluding carboxylic acids is 1. The highest BCUT2D eigenvalue weighted by molar-refractivity contribution is 5.94. The van der Waals surface area contributed by atoms with E-state index in [9.17, 15) is 18.0 Å². The fourth-order valence-corrected chi connectivity index (χ4v) is 2.39. The van der Waals surface area contributed by atoms with E-state index in [1.807, 2.05) is 0 Å². The van der Waals surface area contributed by atoms with Gasteiger partial charge in [0.15, 0.2) is 0 Å². The van der Waals surface area contributed by atoms with Crippen LogP contribution in [0.1, 0.15) is 27.4 Å². The van der Waals surface area contributed by atoms with E-state index in [0.717, 1.165) is 12.1 Å². The fourth-order valence-electron chi connectivity index (χ4n) is 2.39. The number of amides is 1. The van der Waals surface area contributed by atoms with Crippen LogP contribution in [0.5, 0.6) is 0 Å². The third-order valence-electron chi connectivity index (χ3n) is 3.58. The smallest absolute Gasteiger partial charge is 0.416 e. The van der Waals surface area contributed by atoms with Crippen LogP contribution in [0.2, 0.25) is 0 Å². The lowest BCUT2D eigenvalue weighted by Crippen LogP contribution is -2.30. The van der Waals surface area contributed by atoms with Crippen LogP contribution in [-0.4, -0.2) is 10.8 Å². The topological polar surface area (TPSA) is 46.6 Å². The van der Waals surface area contributed by atoms with Gasteiger partial charge in [-0.1, -0.05) is 6.07 Å². The first-order valence-corrected chi connectivity index (χ1v) is 7.45. The molecule has 3 rings (SSSR count). The van der Waals surface area contributed by atoms with E-state index in [0.29, 0.717) is 11.5 Å². The van der Waals surface area contributed by atoms with Crippen LogP contribution in [0, 0.1) is 0 Å². The van der Waals surface area contributed by atoms with Crippen molar-refractivity contribution in [3.8, 4) is 0 Å². The van der Waals surface area contributed by atoms with Gasteiger partial charge in [0.05, 0.1) is 31.2 Å². The van der Waals surface area contributed by atoms with Gasteiger partial charge in [0.1, 0.15) is 11.5 Å². The van der Waals surface area contributed by atoms with Crippen molar-refractivity contribution in [3.05, 3.63) is 83.7 Å². The molecule has 7 heteroatoms. The summed E-state index contributed by atoms with van der Waals surface area (Å²) < 4.78 is 49.1. The van der Waals surface area contributed by atoms with E-state index in [4.69, 9.17) is 8.83 Å². The molecule has 0 fully saturated rings. The molecule has 4 nitrogen and oxygen atoms in total. The van der Waals surface area contributed by atoms with Gasteiger partial charge >= 0.3 is 6.18 Å². The maximum atomic E-state index is 12.9. The lowest BCUT2D eigenvalue weighted by molar-refractivity contribution is -0.137. The van der Waals surface area contributed by atoms with E-state index >= 15 is 0 Å². The molecule has 3 aromatic rings. The molecule has 0 aliphatic rings. The van der Waals surface area contributed by atoms with E-state index < -0.39 is 17.6 Å². The average molecular weight is 349 g/mol. The zero-order valence-corrected chi connectivity index (χ0v) is 13.0. The van der Waals surface area contributed by atoms with Crippen molar-refractivity contribution in [1.29, 1.82) is 0 Å². The van der Waals surface area contributed by atoms with E-state index in [1.165, 1.54) is 29.6 Å². The molecule has 0 unspecified atom stereocenters. The Labute approximate surface area is 141 Å². The fraction of sp³-hybridized carbons (Fsp3) is 0.167. The minimum atomic E-state index is -4.51. The normalized spacial score (nSPS) is 11.5. The van der Waals surface area contributed by atoms with Crippen molar-refractivity contribution in [1.82, 2.24) is 4.90 Å². The molecule has 0 N–H and O–H groups in total. The second-order valence-corrected chi connectivity index (χ2v) is 5.40. The molecule has 2 aromatic heterocycles. The summed E-state index contributed by atoms with van der Waals surface area (Å²) in [5.41, 5.74) is -0.915. The Hall–Kier alpha value is -2.96. The van der Waals surface area contributed by atoms with Gasteiger partial charge in [0, 0.05) is 5.56 Å². The molecular weight excluding hydrogens is 335 g/mol. The Morgan fingerprint density at radius 1 is 0.920 bits per heavy atom. The lowest BCUT2D eigenvalue weighted by atomic mass is 10.1. The first-order valence-electron chi connectivity index (χ1n) is 7.45. The number of carbonyl (C=O) groups is 1. The largest absolute Gasteiger partial charge is 0.467 e. The summed E-state index contributed by atoms with van der Waals surface area (Å²) in [6, 6.07) is 11.1. The summed E-state index contributed by atoms with van der Waals surface area (Å²) in [7, 11) is 0. The zero-order valence-electron chi connectivity index (χ0n) is 13.0. The third-order valence-corrected chi connectivity index (χ3v) is 3.58. The number of halogens is 3. The van der Waals surface area contributed by atoms with Gasteiger partial charge in [-0.15, -0.1) is 0 Å². The Morgan fingerprint density at radius 2 is 1.52 bits per heavy atom. The van der Waals surface area contributed by atoms with Crippen molar-refractivity contribution >= 4 is 5.91 Å². The number of furan rings is 2. The van der Waals surface area contributed by atoms with Gasteiger partial charge in [0.2, 0.25) is 0 Å². The highest BCUT2D eigenvalue weighted by atomic mass is 19.4. The van der Waals surface area contributed by atoms with Crippen LogP contribution in [0.4, 0.5) is 13.2 Å². The quantitative estimate of drug-likeness (QED) is 0.669. The van der Waals surface area contributed by atoms with E-state index in [2.05, 4.69) is 0 Å². The molecule has 1 aromatic carbocycles. The molecule has 2 heterocycles. The highest BCUT2D eigenvalue weighted by Gasteiger charge is 2.31. The van der Waals surface area contributed by atoms with Crippen LogP contribution >= 0.6 is 0 Å². The van der Waals surface area contributed by atoms with Crippen LogP contribution in [0.3, 0.4) is 0 Å². The Balaban J connectivity index is 1.88. The van der Waals surface area contributed by atoms with Crippen molar-refractivity contribution < 1.29 is 26.8 Å². The molecule has 0 atom stereocenters. The number of hydrogen-bond acceptors (Lipinski definition) is 3. The average Bonchev–Trinajstić information content (AvgIpc) is 3.27. The number of nitrogens with zero attached hydrogens (tertiary/aromatic N) is 1. The van der Waals surface area contributed by atoms with Gasteiger partial charge in [-0.2, -0.15) is 13.2 Å². The molecule has 0 spiro atoms. The van der Waals surface area contributed by atoms with Crippen molar-refractivity contribution in [2.24, 2.45) is 0 Å². The zero-order chi connectivity index (χ0) is 17.9. The van der Waals surface area contributed by atoms with Crippen LogP contribution in [0.15, 0.2) is 69.9 Å². The lowest BCUT2D eigenvalue weighted by Gasteiger charge is -2.21. The molecule has 1 amide bonds. The van der Waals surface area contributed by atoms with Gasteiger partial charge < -0.3 is 13.7 Å². The molecule has 0 aliphatic carbocycles. The molecule has 0 saturated carbocycles. The Morgan fingerprint density at radius 3 is 2.00 bits per heavy atom. The van der Waals surface area contributed by atoms with Crippen molar-refractivity contribution in [2.45, 2.75) is 19.3 Å². The summed E-state index contributed by atoms with van der Waals surface area (Å²) in [5, 5.41) is 0. The maximum absolute atomic E-state index is 12.9. The molecular formula is C18H14F3NO3. The monoisotopic (exact) mass is 349 g/mol. The van der Waals surface area contributed by atoms with Gasteiger partial charge in [-0.3, -0.25) is 4.79 Å². The van der Waals surface area contributed by atoms with Crippen molar-refractivity contribution in [2.75, 3.05) is 0 Å². The standard InChI is InChI=1S/C18H14F3NO3/c19-18(20,21)14-5-1-4-13(10-14)17(23)22(11-15-6-2-8-24-15)12-16-7-3-9-25-16/h1-10H,11-12H2. The first-order chi connectivity index (χ1) is 11.9. The number of benzene rings is 1. The minimum Gasteiger partial charge on any atom is -0.467 e. The second kappa shape index (κ2) is 6.88. The third kappa shape index (κ3) is 4.12. The molecule has 25 heavy (non-hydrogen) atoms. The summed E-state index contributed by atoms with van der Waals surface area (Å²) in [6.07, 6.45) is -1.58. The number of alkyl halides is 3. The molecule has 0 bridgehead atoms. The van der Waals surface area contributed by atoms with Crippen LogP contribution < -0.4 is 0 Å². The highest BCUT2D eigenvalue weighted by Crippen LogP contribution is 2.30. The second-order valence-electron chi connectivity index (χ2n) is 5.40. The number of rotatable bonds is 5. The Kier molecular flexibility index (Phi) is 4.65. The van der Waals surface area contributed by atoms with Crippen LogP contribution in [-0.2, 0) is 19.3 Å². The molecule has 0 radical (unpaired) electrons. The van der Waals surface area contributed by atoms with E-state index in [1.54, 1.807) is 24.3 Å². The molecule has 0 aliphatic heterocycles. The Bertz CT molecular complexity index is 787. The van der Waals surface area contributed by atoms with Crippen LogP contribution in [0.25, 0.3) is 0 Å². The SMILES string of the molecule is O=C(c1cccc(C(F)(F)F)c1)N(Cc1ccco1)Cc1ccco1. The summed E-state index contributed by atoms with van der Waals surface area (Å²) in [6.45, 7) is 0.228. The minimum absolute atomic E-state index is 0.0482. The number of hydrogen-bond donors (Lipinski definition) is 0. The predicted molar refractivity (Wildman–Crippen MR) is 82.4 cm³/mol. The summed E-state index contributed by atoms with van der Waals surface area (Å²) in [5.74, 6) is 0.498. The van der Waals surface area contributed by atoms with Gasteiger partial charge in [0.25, 0.3) is 5.91 Å². The first kappa shape index (κ1) is 16.9.